The zero-order valence-corrected chi connectivity index (χ0v) is 16.1. The number of thioether (sulfide) groups is 1. The maximum atomic E-state index is 12.8. The van der Waals surface area contributed by atoms with Crippen molar-refractivity contribution < 1.29 is 4.79 Å². The fourth-order valence-corrected chi connectivity index (χ4v) is 4.74. The van der Waals surface area contributed by atoms with Crippen LogP contribution in [0.5, 0.6) is 0 Å². The molecule has 5 nitrogen and oxygen atoms in total. The van der Waals surface area contributed by atoms with Gasteiger partial charge in [0.25, 0.3) is 0 Å². The van der Waals surface area contributed by atoms with Crippen LogP contribution >= 0.6 is 11.8 Å². The summed E-state index contributed by atoms with van der Waals surface area (Å²) in [5.41, 5.74) is 3.04. The summed E-state index contributed by atoms with van der Waals surface area (Å²) in [4.78, 5) is 14.8. The normalized spacial score (nSPS) is 17.9. The second kappa shape index (κ2) is 7.27. The van der Waals surface area contributed by atoms with Crippen molar-refractivity contribution in [1.29, 1.82) is 0 Å². The van der Waals surface area contributed by atoms with Gasteiger partial charge in [0.2, 0.25) is 5.91 Å². The van der Waals surface area contributed by atoms with E-state index in [0.29, 0.717) is 11.8 Å². The van der Waals surface area contributed by atoms with Gasteiger partial charge in [-0.2, -0.15) is 0 Å². The Morgan fingerprint density at radius 3 is 2.96 bits per heavy atom. The number of carbonyl (C=O) groups excluding carboxylic acids is 1. The van der Waals surface area contributed by atoms with Crippen LogP contribution in [0.3, 0.4) is 0 Å². The Balaban J connectivity index is 1.61. The van der Waals surface area contributed by atoms with Crippen molar-refractivity contribution in [1.82, 2.24) is 19.5 Å². The molecule has 0 aliphatic carbocycles. The van der Waals surface area contributed by atoms with Crippen LogP contribution in [0.25, 0.3) is 16.6 Å². The number of fused-ring (bicyclic) bond motifs is 3. The minimum atomic E-state index is 0.218. The van der Waals surface area contributed by atoms with Crippen LogP contribution in [-0.2, 0) is 4.79 Å². The lowest BCUT2D eigenvalue weighted by Crippen LogP contribution is -2.44. The highest BCUT2D eigenvalue weighted by molar-refractivity contribution is 7.99. The van der Waals surface area contributed by atoms with E-state index in [1.807, 2.05) is 12.1 Å². The first-order valence-electron chi connectivity index (χ1n) is 9.34. The quantitative estimate of drug-likeness (QED) is 0.651. The minimum absolute atomic E-state index is 0.218. The molecular formula is C20H24N4OS. The third-order valence-corrected chi connectivity index (χ3v) is 6.19. The van der Waals surface area contributed by atoms with Crippen LogP contribution in [0.4, 0.5) is 0 Å². The molecule has 0 spiro atoms. The van der Waals surface area contributed by atoms with Crippen LogP contribution in [0, 0.1) is 6.92 Å². The number of pyridine rings is 1. The van der Waals surface area contributed by atoms with E-state index in [4.69, 9.17) is 0 Å². The second-order valence-corrected chi connectivity index (χ2v) is 7.90. The van der Waals surface area contributed by atoms with Crippen molar-refractivity contribution in [2.75, 3.05) is 12.3 Å². The molecule has 4 rings (SSSR count). The summed E-state index contributed by atoms with van der Waals surface area (Å²) in [6, 6.07) is 10.8. The van der Waals surface area contributed by atoms with Crippen molar-refractivity contribution in [3.05, 3.63) is 35.9 Å². The van der Waals surface area contributed by atoms with E-state index in [9.17, 15) is 4.79 Å². The number of aromatic nitrogens is 3. The maximum absolute atomic E-state index is 12.8. The van der Waals surface area contributed by atoms with Crippen molar-refractivity contribution in [2.45, 2.75) is 50.7 Å². The van der Waals surface area contributed by atoms with Gasteiger partial charge in [-0.25, -0.2) is 0 Å². The number of rotatable bonds is 4. The van der Waals surface area contributed by atoms with Crippen molar-refractivity contribution in [2.24, 2.45) is 0 Å². The number of amides is 1. The fraction of sp³-hybridized carbons (Fsp3) is 0.450. The van der Waals surface area contributed by atoms with E-state index in [0.717, 1.165) is 53.1 Å². The molecule has 0 bridgehead atoms. The van der Waals surface area contributed by atoms with Crippen molar-refractivity contribution in [3.8, 4) is 0 Å². The van der Waals surface area contributed by atoms with Gasteiger partial charge >= 0.3 is 0 Å². The Morgan fingerprint density at radius 2 is 2.12 bits per heavy atom. The number of piperidine rings is 1. The molecule has 1 fully saturated rings. The molecule has 0 radical (unpaired) electrons. The molecule has 0 N–H and O–H groups in total. The summed E-state index contributed by atoms with van der Waals surface area (Å²) in [6.07, 6.45) is 4.51. The molecule has 3 aromatic rings. The summed E-state index contributed by atoms with van der Waals surface area (Å²) in [6.45, 7) is 5.11. The molecule has 1 aliphatic rings. The number of likely N-dealkylation sites (tertiary alicyclic amines) is 1. The first kappa shape index (κ1) is 17.3. The van der Waals surface area contributed by atoms with Gasteiger partial charge in [0.15, 0.2) is 10.8 Å². The van der Waals surface area contributed by atoms with Gasteiger partial charge in [-0.15, -0.1) is 10.2 Å². The Kier molecular flexibility index (Phi) is 4.85. The Labute approximate surface area is 157 Å². The van der Waals surface area contributed by atoms with Gasteiger partial charge in [-0.3, -0.25) is 9.20 Å². The molecule has 1 atom stereocenters. The highest BCUT2D eigenvalue weighted by Gasteiger charge is 2.25. The smallest absolute Gasteiger partial charge is 0.233 e. The third kappa shape index (κ3) is 3.07. The summed E-state index contributed by atoms with van der Waals surface area (Å²) in [5.74, 6) is 0.634. The number of benzene rings is 1. The van der Waals surface area contributed by atoms with Crippen LogP contribution in [0.2, 0.25) is 0 Å². The summed E-state index contributed by atoms with van der Waals surface area (Å²) in [5, 5.41) is 10.7. The number of aryl methyl sites for hydroxylation is 1. The zero-order valence-electron chi connectivity index (χ0n) is 15.3. The average molecular weight is 369 g/mol. The topological polar surface area (TPSA) is 50.5 Å². The summed E-state index contributed by atoms with van der Waals surface area (Å²) in [7, 11) is 0. The SMILES string of the molecule is CCC1CCCCN1C(=O)CSc1nnc2c(C)cc3ccccc3n12. The number of carbonyl (C=O) groups is 1. The first-order chi connectivity index (χ1) is 12.7. The molecule has 0 saturated carbocycles. The zero-order chi connectivity index (χ0) is 18.1. The van der Waals surface area contributed by atoms with Crippen molar-refractivity contribution in [3.63, 3.8) is 0 Å². The van der Waals surface area contributed by atoms with E-state index in [1.54, 1.807) is 0 Å². The van der Waals surface area contributed by atoms with Crippen LogP contribution in [0.1, 0.15) is 38.2 Å². The predicted molar refractivity (Wildman–Crippen MR) is 106 cm³/mol. The van der Waals surface area contributed by atoms with Gasteiger partial charge in [-0.1, -0.05) is 36.9 Å². The minimum Gasteiger partial charge on any atom is -0.339 e. The number of hydrogen-bond acceptors (Lipinski definition) is 4. The second-order valence-electron chi connectivity index (χ2n) is 6.96. The molecule has 3 heterocycles. The van der Waals surface area contributed by atoms with E-state index < -0.39 is 0 Å². The molecule has 1 amide bonds. The molecule has 1 aromatic carbocycles. The first-order valence-corrected chi connectivity index (χ1v) is 10.3. The highest BCUT2D eigenvalue weighted by Crippen LogP contribution is 2.27. The molecule has 2 aromatic heterocycles. The highest BCUT2D eigenvalue weighted by atomic mass is 32.2. The molecule has 26 heavy (non-hydrogen) atoms. The Bertz CT molecular complexity index is 952. The lowest BCUT2D eigenvalue weighted by atomic mass is 10.0. The van der Waals surface area contributed by atoms with Crippen LogP contribution in [0.15, 0.2) is 35.5 Å². The summed E-state index contributed by atoms with van der Waals surface area (Å²) >= 11 is 1.49. The van der Waals surface area contributed by atoms with Gasteiger partial charge in [0, 0.05) is 12.6 Å². The fourth-order valence-electron chi connectivity index (χ4n) is 3.91. The number of hydrogen-bond donors (Lipinski definition) is 0. The molecular weight excluding hydrogens is 344 g/mol. The average Bonchev–Trinajstić information content (AvgIpc) is 3.11. The Hall–Kier alpha value is -2.08. The lowest BCUT2D eigenvalue weighted by Gasteiger charge is -2.35. The molecule has 1 unspecified atom stereocenters. The van der Waals surface area contributed by atoms with E-state index in [1.165, 1.54) is 18.2 Å². The van der Waals surface area contributed by atoms with E-state index in [-0.39, 0.29) is 5.91 Å². The van der Waals surface area contributed by atoms with Crippen LogP contribution < -0.4 is 0 Å². The molecule has 6 heteroatoms. The summed E-state index contributed by atoms with van der Waals surface area (Å²) < 4.78 is 2.08. The van der Waals surface area contributed by atoms with E-state index >= 15 is 0 Å². The largest absolute Gasteiger partial charge is 0.339 e. The number of para-hydroxylation sites is 1. The van der Waals surface area contributed by atoms with Crippen LogP contribution in [-0.4, -0.2) is 43.7 Å². The van der Waals surface area contributed by atoms with Gasteiger partial charge in [-0.05, 0) is 55.7 Å². The van der Waals surface area contributed by atoms with Gasteiger partial charge in [0.05, 0.1) is 11.3 Å². The number of nitrogens with zero attached hydrogens (tertiary/aromatic N) is 4. The third-order valence-electron chi connectivity index (χ3n) is 5.28. The van der Waals surface area contributed by atoms with Crippen molar-refractivity contribution >= 4 is 34.2 Å². The Morgan fingerprint density at radius 1 is 1.27 bits per heavy atom. The standard InChI is InChI=1S/C20H24N4OS/c1-3-16-9-6-7-11-23(16)18(25)13-26-20-22-21-19-14(2)12-15-8-4-5-10-17(15)24(19)20/h4-5,8,10,12,16H,3,6-7,9,11,13H2,1-2H3. The van der Waals surface area contributed by atoms with Gasteiger partial charge in [0.1, 0.15) is 0 Å². The maximum Gasteiger partial charge on any atom is 0.233 e. The molecule has 136 valence electrons. The lowest BCUT2D eigenvalue weighted by molar-refractivity contribution is -0.132. The molecule has 1 aliphatic heterocycles. The predicted octanol–water partition coefficient (Wildman–Crippen LogP) is 4.07. The van der Waals surface area contributed by atoms with Gasteiger partial charge < -0.3 is 4.90 Å². The monoisotopic (exact) mass is 368 g/mol. The molecule has 1 saturated heterocycles. The van der Waals surface area contributed by atoms with E-state index in [2.05, 4.69) is 51.5 Å².